The zero-order valence-electron chi connectivity index (χ0n) is 15.0. The van der Waals surface area contributed by atoms with Crippen LogP contribution in [0.2, 0.25) is 0 Å². The summed E-state index contributed by atoms with van der Waals surface area (Å²) in [5, 5.41) is 9.29. The maximum absolute atomic E-state index is 9.29. The fourth-order valence-electron chi connectivity index (χ4n) is 3.13. The molecule has 0 atom stereocenters. The number of rotatable bonds is 3. The van der Waals surface area contributed by atoms with Gasteiger partial charge in [0, 0.05) is 30.3 Å². The molecule has 0 N–H and O–H groups in total. The van der Waals surface area contributed by atoms with Gasteiger partial charge in [-0.15, -0.1) is 0 Å². The number of nitrogens with zero attached hydrogens (tertiary/aromatic N) is 4. The van der Waals surface area contributed by atoms with Crippen molar-refractivity contribution in [1.82, 2.24) is 0 Å². The van der Waals surface area contributed by atoms with Crippen molar-refractivity contribution >= 4 is 5.69 Å². The summed E-state index contributed by atoms with van der Waals surface area (Å²) >= 11 is 0. The summed E-state index contributed by atoms with van der Waals surface area (Å²) in [5.41, 5.74) is 5.14. The summed E-state index contributed by atoms with van der Waals surface area (Å²) in [6, 6.07) is 25.4. The first-order valence-electron chi connectivity index (χ1n) is 8.79. The fraction of sp³-hybridized carbons (Fsp3) is 0.0400. The first kappa shape index (κ1) is 19.5. The van der Waals surface area contributed by atoms with Crippen molar-refractivity contribution in [3.63, 3.8) is 0 Å². The predicted molar refractivity (Wildman–Crippen MR) is 113 cm³/mol. The Kier molecular flexibility index (Phi) is 5.78. The zero-order chi connectivity index (χ0) is 19.3. The van der Waals surface area contributed by atoms with Gasteiger partial charge in [-0.2, -0.15) is 14.4 Å². The highest BCUT2D eigenvalue weighted by Crippen LogP contribution is 2.20. The SMILES string of the molecule is C.[C-]#[N+]c1ccccc1-[n+]1ccc(-c2cc[n+](-c3ccccc3C#N)cc2)cc1. The Hall–Kier alpha value is -4.28. The van der Waals surface area contributed by atoms with Crippen molar-refractivity contribution in [2.75, 3.05) is 0 Å². The van der Waals surface area contributed by atoms with Gasteiger partial charge in [-0.1, -0.05) is 31.7 Å². The van der Waals surface area contributed by atoms with Crippen molar-refractivity contribution in [2.24, 2.45) is 0 Å². The number of para-hydroxylation sites is 3. The average Bonchev–Trinajstić information content (AvgIpc) is 2.79. The summed E-state index contributed by atoms with van der Waals surface area (Å²) in [6.07, 6.45) is 7.85. The minimum absolute atomic E-state index is 0. The largest absolute Gasteiger partial charge is 0.256 e. The zero-order valence-corrected chi connectivity index (χ0v) is 15.0. The van der Waals surface area contributed by atoms with Crippen LogP contribution in [0, 0.1) is 17.9 Å². The van der Waals surface area contributed by atoms with E-state index in [0.29, 0.717) is 11.3 Å². The van der Waals surface area contributed by atoms with Crippen LogP contribution in [0.1, 0.15) is 13.0 Å². The molecule has 0 amide bonds. The first-order valence-corrected chi connectivity index (χ1v) is 8.79. The Morgan fingerprint density at radius 2 is 1.17 bits per heavy atom. The molecule has 2 heterocycles. The minimum Gasteiger partial charge on any atom is -0.231 e. The van der Waals surface area contributed by atoms with Gasteiger partial charge in [0.2, 0.25) is 11.4 Å². The van der Waals surface area contributed by atoms with Crippen LogP contribution in [0.3, 0.4) is 0 Å². The Morgan fingerprint density at radius 1 is 0.690 bits per heavy atom. The van der Waals surface area contributed by atoms with Gasteiger partial charge >= 0.3 is 0 Å². The maximum atomic E-state index is 9.29. The fourth-order valence-corrected chi connectivity index (χ4v) is 3.13. The third-order valence-corrected chi connectivity index (χ3v) is 4.58. The monoisotopic (exact) mass is 376 g/mol. The molecule has 138 valence electrons. The molecule has 0 fully saturated rings. The molecule has 0 saturated carbocycles. The lowest BCUT2D eigenvalue weighted by Crippen LogP contribution is -2.30. The molecule has 29 heavy (non-hydrogen) atoms. The van der Waals surface area contributed by atoms with E-state index in [1.54, 1.807) is 0 Å². The van der Waals surface area contributed by atoms with Gasteiger partial charge in [-0.25, -0.2) is 4.85 Å². The lowest BCUT2D eigenvalue weighted by molar-refractivity contribution is -0.596. The molecular weight excluding hydrogens is 356 g/mol. The van der Waals surface area contributed by atoms with E-state index in [1.165, 1.54) is 0 Å². The number of pyridine rings is 2. The second-order valence-corrected chi connectivity index (χ2v) is 6.22. The molecule has 0 spiro atoms. The quantitative estimate of drug-likeness (QED) is 0.367. The molecule has 0 bridgehead atoms. The highest BCUT2D eigenvalue weighted by molar-refractivity contribution is 5.62. The van der Waals surface area contributed by atoms with Crippen LogP contribution in [0.25, 0.3) is 27.3 Å². The number of hydrogen-bond donors (Lipinski definition) is 0. The van der Waals surface area contributed by atoms with Crippen LogP contribution < -0.4 is 9.13 Å². The third-order valence-electron chi connectivity index (χ3n) is 4.58. The second kappa shape index (κ2) is 8.61. The number of aromatic nitrogens is 2. The Balaban J connectivity index is 0.00000240. The molecule has 4 aromatic rings. The molecule has 0 aliphatic heterocycles. The molecule has 0 aliphatic rings. The summed E-state index contributed by atoms with van der Waals surface area (Å²) in [5.74, 6) is 0. The van der Waals surface area contributed by atoms with E-state index in [0.717, 1.165) is 22.5 Å². The van der Waals surface area contributed by atoms with E-state index in [1.807, 2.05) is 107 Å². The van der Waals surface area contributed by atoms with Crippen LogP contribution in [0.15, 0.2) is 97.6 Å². The van der Waals surface area contributed by atoms with Gasteiger partial charge in [-0.05, 0) is 29.3 Å². The van der Waals surface area contributed by atoms with E-state index in [2.05, 4.69) is 10.9 Å². The molecular formula is C25H20N4+2. The number of nitriles is 1. The van der Waals surface area contributed by atoms with Crippen molar-refractivity contribution in [3.05, 3.63) is 115 Å². The molecule has 4 heteroatoms. The molecule has 0 unspecified atom stereocenters. The Labute approximate surface area is 171 Å². The lowest BCUT2D eigenvalue weighted by Gasteiger charge is -2.02. The van der Waals surface area contributed by atoms with E-state index < -0.39 is 0 Å². The van der Waals surface area contributed by atoms with E-state index in [4.69, 9.17) is 6.57 Å². The van der Waals surface area contributed by atoms with Gasteiger partial charge in [0.1, 0.15) is 11.6 Å². The summed E-state index contributed by atoms with van der Waals surface area (Å²) < 4.78 is 3.89. The molecule has 2 aromatic carbocycles. The van der Waals surface area contributed by atoms with E-state index >= 15 is 0 Å². The van der Waals surface area contributed by atoms with Crippen molar-refractivity contribution in [3.8, 4) is 28.6 Å². The highest BCUT2D eigenvalue weighted by atomic mass is 15.0. The van der Waals surface area contributed by atoms with Gasteiger partial charge in [0.05, 0.1) is 6.57 Å². The van der Waals surface area contributed by atoms with Crippen LogP contribution in [0.4, 0.5) is 5.69 Å². The number of benzene rings is 2. The number of hydrogen-bond acceptors (Lipinski definition) is 1. The summed E-state index contributed by atoms with van der Waals surface area (Å²) in [4.78, 5) is 3.58. The average molecular weight is 376 g/mol. The van der Waals surface area contributed by atoms with Crippen LogP contribution in [-0.2, 0) is 0 Å². The van der Waals surface area contributed by atoms with Gasteiger partial charge in [-0.3, -0.25) is 0 Å². The molecule has 0 saturated heterocycles. The topological polar surface area (TPSA) is 35.9 Å². The Morgan fingerprint density at radius 3 is 1.72 bits per heavy atom. The molecule has 4 nitrogen and oxygen atoms in total. The molecule has 2 aromatic heterocycles. The lowest BCUT2D eigenvalue weighted by atomic mass is 10.1. The Bertz CT molecular complexity index is 1110. The standard InChI is InChI=1S/C24H16N4.CH4/c1-26-22-7-3-5-9-24(22)28-16-12-20(13-17-28)19-10-14-27(15-11-19)23-8-4-2-6-21(23)18-25;/h2-17H;1H4/q+2;. The predicted octanol–water partition coefficient (Wildman–Crippen LogP) is 4.97. The summed E-state index contributed by atoms with van der Waals surface area (Å²) in [7, 11) is 0. The van der Waals surface area contributed by atoms with Gasteiger partial charge in [0.25, 0.3) is 5.69 Å². The van der Waals surface area contributed by atoms with Crippen LogP contribution >= 0.6 is 0 Å². The molecule has 0 aliphatic carbocycles. The molecule has 4 rings (SSSR count). The van der Waals surface area contributed by atoms with Crippen LogP contribution in [-0.4, -0.2) is 0 Å². The van der Waals surface area contributed by atoms with Crippen molar-refractivity contribution in [1.29, 1.82) is 5.26 Å². The van der Waals surface area contributed by atoms with Crippen LogP contribution in [0.5, 0.6) is 0 Å². The van der Waals surface area contributed by atoms with Gasteiger partial charge in [0.15, 0.2) is 24.8 Å². The van der Waals surface area contributed by atoms with Gasteiger partial charge < -0.3 is 0 Å². The third kappa shape index (κ3) is 3.88. The summed E-state index contributed by atoms with van der Waals surface area (Å²) in [6.45, 7) is 7.32. The van der Waals surface area contributed by atoms with Crippen molar-refractivity contribution in [2.45, 2.75) is 7.43 Å². The smallest absolute Gasteiger partial charge is 0.231 e. The normalized spacial score (nSPS) is 9.72. The van der Waals surface area contributed by atoms with E-state index in [-0.39, 0.29) is 7.43 Å². The maximum Gasteiger partial charge on any atom is 0.256 e. The van der Waals surface area contributed by atoms with E-state index in [9.17, 15) is 5.26 Å². The molecule has 0 radical (unpaired) electrons. The highest BCUT2D eigenvalue weighted by Gasteiger charge is 2.14. The minimum atomic E-state index is 0. The second-order valence-electron chi connectivity index (χ2n) is 6.22. The van der Waals surface area contributed by atoms with Crippen molar-refractivity contribution < 1.29 is 9.13 Å². The first-order chi connectivity index (χ1) is 13.8.